The van der Waals surface area contributed by atoms with Crippen LogP contribution >= 0.6 is 0 Å². The first-order valence-corrected chi connectivity index (χ1v) is 12.8. The Morgan fingerprint density at radius 3 is 2.21 bits per heavy atom. The maximum atomic E-state index is 13.4. The molecule has 1 saturated carbocycles. The quantitative estimate of drug-likeness (QED) is 0.353. The maximum absolute atomic E-state index is 13.4. The molecule has 6 nitrogen and oxygen atoms in total. The van der Waals surface area contributed by atoms with Crippen LogP contribution < -0.4 is 4.90 Å². The van der Waals surface area contributed by atoms with Crippen LogP contribution in [0, 0.1) is 11.3 Å². The molecule has 0 N–H and O–H groups in total. The Morgan fingerprint density at radius 1 is 1.05 bits per heavy atom. The van der Waals surface area contributed by atoms with Crippen LogP contribution in [0.25, 0.3) is 0 Å². The number of cyclic esters (lactones) is 1. The summed E-state index contributed by atoms with van der Waals surface area (Å²) in [7, 11) is 0. The third-order valence-corrected chi connectivity index (χ3v) is 7.37. The number of pyridine rings is 1. The molecule has 2 atom stereocenters. The number of nitrogens with zero attached hydrogens (tertiary/aromatic N) is 4. The minimum absolute atomic E-state index is 0.0403. The van der Waals surface area contributed by atoms with Gasteiger partial charge in [0.2, 0.25) is 0 Å². The number of ether oxygens (including phenoxy) is 1. The van der Waals surface area contributed by atoms with Gasteiger partial charge in [0, 0.05) is 24.3 Å². The van der Waals surface area contributed by atoms with Crippen LogP contribution in [0.15, 0.2) is 30.5 Å². The van der Waals surface area contributed by atoms with Crippen LogP contribution in [0.4, 0.5) is 37.0 Å². The van der Waals surface area contributed by atoms with E-state index in [-0.39, 0.29) is 24.2 Å². The van der Waals surface area contributed by atoms with Crippen molar-refractivity contribution in [3.05, 3.63) is 58.3 Å². The molecule has 1 aliphatic carbocycles. The summed E-state index contributed by atoms with van der Waals surface area (Å²) >= 11 is 0. The predicted molar refractivity (Wildman–Crippen MR) is 130 cm³/mol. The van der Waals surface area contributed by atoms with Crippen LogP contribution in [0.2, 0.25) is 0 Å². The van der Waals surface area contributed by atoms with Gasteiger partial charge in [0.15, 0.2) is 0 Å². The predicted octanol–water partition coefficient (Wildman–Crippen LogP) is 7.23. The summed E-state index contributed by atoms with van der Waals surface area (Å²) in [6.45, 7) is 4.03. The number of nitriles is 1. The Kier molecular flexibility index (Phi) is 8.00. The smallest absolute Gasteiger partial charge is 0.416 e. The molecule has 12 heteroatoms. The van der Waals surface area contributed by atoms with E-state index < -0.39 is 47.3 Å². The fraction of sp³-hybridized carbons (Fsp3) is 0.519. The van der Waals surface area contributed by atoms with Crippen LogP contribution in [-0.4, -0.2) is 34.6 Å². The Balaban J connectivity index is 1.68. The molecular weight excluding hydrogens is 526 g/mol. The van der Waals surface area contributed by atoms with Gasteiger partial charge in [-0.15, -0.1) is 0 Å². The number of benzene rings is 1. The molecule has 2 aliphatic rings. The van der Waals surface area contributed by atoms with Gasteiger partial charge in [-0.2, -0.15) is 31.6 Å². The molecule has 1 amide bonds. The van der Waals surface area contributed by atoms with Gasteiger partial charge < -0.3 is 9.64 Å². The number of hydrogen-bond acceptors (Lipinski definition) is 5. The number of alkyl halides is 6. The van der Waals surface area contributed by atoms with E-state index in [1.807, 2.05) is 13.0 Å². The average molecular weight is 555 g/mol. The highest BCUT2D eigenvalue weighted by atomic mass is 19.4. The van der Waals surface area contributed by atoms with Crippen LogP contribution in [0.5, 0.6) is 0 Å². The molecule has 0 spiro atoms. The van der Waals surface area contributed by atoms with Crippen molar-refractivity contribution in [3.63, 3.8) is 0 Å². The molecule has 4 rings (SSSR count). The van der Waals surface area contributed by atoms with Crippen molar-refractivity contribution >= 4 is 11.9 Å². The summed E-state index contributed by atoms with van der Waals surface area (Å²) in [4.78, 5) is 20.8. The molecule has 39 heavy (non-hydrogen) atoms. The molecule has 2 aromatic rings. The van der Waals surface area contributed by atoms with E-state index in [1.165, 1.54) is 18.0 Å². The van der Waals surface area contributed by atoms with E-state index in [4.69, 9.17) is 4.74 Å². The van der Waals surface area contributed by atoms with E-state index in [1.54, 1.807) is 6.07 Å². The van der Waals surface area contributed by atoms with Crippen molar-refractivity contribution in [2.45, 2.75) is 83.0 Å². The number of anilines is 1. The lowest BCUT2D eigenvalue weighted by molar-refractivity contribution is -0.143. The van der Waals surface area contributed by atoms with Gasteiger partial charge in [-0.25, -0.2) is 9.78 Å². The molecule has 1 aromatic carbocycles. The summed E-state index contributed by atoms with van der Waals surface area (Å²) in [5.74, 6) is 0.588. The minimum atomic E-state index is -5.03. The fourth-order valence-corrected chi connectivity index (χ4v) is 5.40. The lowest BCUT2D eigenvalue weighted by Crippen LogP contribution is -2.39. The molecule has 2 heterocycles. The lowest BCUT2D eigenvalue weighted by Gasteiger charge is -2.36. The van der Waals surface area contributed by atoms with E-state index in [0.717, 1.165) is 32.1 Å². The molecule has 1 aromatic heterocycles. The van der Waals surface area contributed by atoms with Crippen LogP contribution in [0.1, 0.15) is 79.9 Å². The molecule has 0 unspecified atom stereocenters. The number of hydrogen-bond donors (Lipinski definition) is 0. The normalized spacial score (nSPS) is 20.6. The zero-order valence-corrected chi connectivity index (χ0v) is 21.4. The highest BCUT2D eigenvalue weighted by Gasteiger charge is 2.43. The molecule has 1 aliphatic heterocycles. The number of aromatic nitrogens is 1. The van der Waals surface area contributed by atoms with Gasteiger partial charge >= 0.3 is 18.4 Å². The first-order chi connectivity index (χ1) is 18.3. The van der Waals surface area contributed by atoms with Crippen molar-refractivity contribution in [3.8, 4) is 6.07 Å². The van der Waals surface area contributed by atoms with Gasteiger partial charge in [0.1, 0.15) is 18.0 Å². The van der Waals surface area contributed by atoms with E-state index in [2.05, 4.69) is 9.88 Å². The molecule has 1 saturated heterocycles. The Morgan fingerprint density at radius 2 is 1.67 bits per heavy atom. The number of carbonyl (C=O) groups excluding carboxylic acids is 1. The van der Waals surface area contributed by atoms with Gasteiger partial charge in [0.05, 0.1) is 29.3 Å². The third-order valence-electron chi connectivity index (χ3n) is 7.37. The Labute approximate surface area is 222 Å². The van der Waals surface area contributed by atoms with Crippen molar-refractivity contribution < 1.29 is 35.9 Å². The second-order valence-corrected chi connectivity index (χ2v) is 9.91. The SMILES string of the molecule is CCN(c1ncc(C#N)cc1CN1C(=O)O[C@H](c2cc(C(F)(F)F)cc(C(F)(F)F)c2)[C@@H]1C)C1CCCCC1. The number of halogens is 6. The molecule has 210 valence electrons. The van der Waals surface area contributed by atoms with Crippen LogP contribution in [0.3, 0.4) is 0 Å². The molecule has 2 fully saturated rings. The molecule has 0 radical (unpaired) electrons. The topological polar surface area (TPSA) is 69.5 Å². The highest BCUT2D eigenvalue weighted by molar-refractivity contribution is 5.71. The number of carbonyl (C=O) groups is 1. The first kappa shape index (κ1) is 28.5. The monoisotopic (exact) mass is 554 g/mol. The van der Waals surface area contributed by atoms with E-state index >= 15 is 0 Å². The van der Waals surface area contributed by atoms with Crippen LogP contribution in [-0.2, 0) is 23.6 Å². The highest BCUT2D eigenvalue weighted by Crippen LogP contribution is 2.41. The number of amides is 1. The van der Waals surface area contributed by atoms with Gasteiger partial charge in [-0.05, 0) is 56.5 Å². The minimum Gasteiger partial charge on any atom is -0.439 e. The third kappa shape index (κ3) is 6.07. The standard InChI is InChI=1S/C27H28F6N4O2/c1-3-36(22-7-5-4-6-8-22)24-19(9-17(13-34)14-35-24)15-37-16(2)23(39-25(37)38)18-10-20(26(28,29)30)12-21(11-18)27(31,32)33/h9-12,14,16,22-23H,3-8,15H2,1-2H3/t16-,23-/m0/s1. The zero-order valence-electron chi connectivity index (χ0n) is 21.4. The summed E-state index contributed by atoms with van der Waals surface area (Å²) in [5, 5.41) is 9.44. The zero-order chi connectivity index (χ0) is 28.5. The Hall–Kier alpha value is -3.49. The maximum Gasteiger partial charge on any atom is 0.416 e. The van der Waals surface area contributed by atoms with Gasteiger partial charge in [-0.1, -0.05) is 19.3 Å². The van der Waals surface area contributed by atoms with E-state index in [9.17, 15) is 36.4 Å². The van der Waals surface area contributed by atoms with E-state index in [0.29, 0.717) is 30.1 Å². The van der Waals surface area contributed by atoms with Gasteiger partial charge in [-0.3, -0.25) is 4.90 Å². The van der Waals surface area contributed by atoms with Crippen molar-refractivity contribution in [1.82, 2.24) is 9.88 Å². The molecule has 0 bridgehead atoms. The number of rotatable bonds is 6. The summed E-state index contributed by atoms with van der Waals surface area (Å²) in [5.41, 5.74) is -2.55. The van der Waals surface area contributed by atoms with Crippen molar-refractivity contribution in [2.24, 2.45) is 0 Å². The largest absolute Gasteiger partial charge is 0.439 e. The van der Waals surface area contributed by atoms with Crippen molar-refractivity contribution in [2.75, 3.05) is 11.4 Å². The summed E-state index contributed by atoms with van der Waals surface area (Å²) in [6, 6.07) is 4.16. The van der Waals surface area contributed by atoms with Crippen molar-refractivity contribution in [1.29, 1.82) is 5.26 Å². The Bertz CT molecular complexity index is 1220. The lowest BCUT2D eigenvalue weighted by atomic mass is 9.93. The van der Waals surface area contributed by atoms with Gasteiger partial charge in [0.25, 0.3) is 0 Å². The second kappa shape index (κ2) is 10.9. The second-order valence-electron chi connectivity index (χ2n) is 9.91. The molecular formula is C27H28F6N4O2. The fourth-order valence-electron chi connectivity index (χ4n) is 5.40. The average Bonchev–Trinajstić information content (AvgIpc) is 3.17. The summed E-state index contributed by atoms with van der Waals surface area (Å²) in [6.07, 6.45) is -5.63. The first-order valence-electron chi connectivity index (χ1n) is 12.8. The summed E-state index contributed by atoms with van der Waals surface area (Å²) < 4.78 is 85.8.